The number of nitrogens with two attached hydrogens (primary N) is 1. The second-order valence-corrected chi connectivity index (χ2v) is 5.69. The van der Waals surface area contributed by atoms with Crippen molar-refractivity contribution >= 4 is 28.8 Å². The van der Waals surface area contributed by atoms with Gasteiger partial charge in [-0.3, -0.25) is 4.79 Å². The van der Waals surface area contributed by atoms with Gasteiger partial charge < -0.3 is 16.0 Å². The largest absolute Gasteiger partial charge is 0.389 e. The molecule has 0 bridgehead atoms. The summed E-state index contributed by atoms with van der Waals surface area (Å²) in [5.41, 5.74) is 6.65. The van der Waals surface area contributed by atoms with Crippen molar-refractivity contribution in [3.8, 4) is 0 Å². The lowest BCUT2D eigenvalue weighted by Gasteiger charge is -2.38. The number of hydrogen-bond acceptors (Lipinski definition) is 3. The third-order valence-corrected chi connectivity index (χ3v) is 4.35. The molecule has 2 unspecified atom stereocenters. The van der Waals surface area contributed by atoms with E-state index in [1.165, 1.54) is 6.07 Å². The molecule has 106 valence electrons. The number of anilines is 1. The third kappa shape index (κ3) is 2.04. The highest BCUT2D eigenvalue weighted by Gasteiger charge is 2.41. The molecule has 1 amide bonds. The van der Waals surface area contributed by atoms with E-state index in [0.717, 1.165) is 19.4 Å². The average Bonchev–Trinajstić information content (AvgIpc) is 2.80. The van der Waals surface area contributed by atoms with Crippen LogP contribution in [0.4, 0.5) is 10.1 Å². The summed E-state index contributed by atoms with van der Waals surface area (Å²) in [5.74, 6) is -0.339. The lowest BCUT2D eigenvalue weighted by atomic mass is 9.90. The molecule has 2 aliphatic rings. The van der Waals surface area contributed by atoms with E-state index in [0.29, 0.717) is 12.2 Å². The molecule has 3 N–H and O–H groups in total. The average molecular weight is 293 g/mol. The molecule has 2 saturated heterocycles. The minimum atomic E-state index is -0.408. The minimum absolute atomic E-state index is 0.0220. The van der Waals surface area contributed by atoms with Crippen molar-refractivity contribution in [3.63, 3.8) is 0 Å². The van der Waals surface area contributed by atoms with E-state index >= 15 is 0 Å². The fourth-order valence-corrected chi connectivity index (χ4v) is 3.45. The van der Waals surface area contributed by atoms with Crippen LogP contribution in [0, 0.1) is 11.7 Å². The first-order chi connectivity index (χ1) is 9.59. The summed E-state index contributed by atoms with van der Waals surface area (Å²) in [6, 6.07) is 4.90. The summed E-state index contributed by atoms with van der Waals surface area (Å²) in [7, 11) is 0. The van der Waals surface area contributed by atoms with Gasteiger partial charge >= 0.3 is 0 Å². The number of rotatable bonds is 2. The summed E-state index contributed by atoms with van der Waals surface area (Å²) in [6.07, 6.45) is 1.78. The number of carbonyl (C=O) groups excluding carboxylic acids is 1. The SMILES string of the molecule is NC(=S)c1c(F)cccc1N1CCCC2C(=O)NCC21. The van der Waals surface area contributed by atoms with E-state index in [1.807, 2.05) is 6.07 Å². The van der Waals surface area contributed by atoms with Crippen LogP contribution in [-0.4, -0.2) is 30.0 Å². The summed E-state index contributed by atoms with van der Waals surface area (Å²) >= 11 is 4.98. The Labute approximate surface area is 122 Å². The number of nitrogens with one attached hydrogen (secondary N) is 1. The highest BCUT2D eigenvalue weighted by molar-refractivity contribution is 7.80. The lowest BCUT2D eigenvalue weighted by Crippen LogP contribution is -2.46. The van der Waals surface area contributed by atoms with Crippen LogP contribution in [-0.2, 0) is 4.79 Å². The van der Waals surface area contributed by atoms with Gasteiger partial charge in [0.15, 0.2) is 0 Å². The monoisotopic (exact) mass is 293 g/mol. The van der Waals surface area contributed by atoms with Crippen molar-refractivity contribution in [2.24, 2.45) is 11.7 Å². The van der Waals surface area contributed by atoms with Gasteiger partial charge in [-0.1, -0.05) is 18.3 Å². The molecule has 2 heterocycles. The summed E-state index contributed by atoms with van der Waals surface area (Å²) in [5, 5.41) is 2.89. The minimum Gasteiger partial charge on any atom is -0.389 e. The smallest absolute Gasteiger partial charge is 0.225 e. The number of carbonyl (C=O) groups is 1. The van der Waals surface area contributed by atoms with E-state index in [-0.39, 0.29) is 28.4 Å². The number of halogens is 1. The summed E-state index contributed by atoms with van der Waals surface area (Å²) in [4.78, 5) is 13.9. The van der Waals surface area contributed by atoms with Gasteiger partial charge in [-0.05, 0) is 25.0 Å². The van der Waals surface area contributed by atoms with Gasteiger partial charge in [-0.25, -0.2) is 4.39 Å². The van der Waals surface area contributed by atoms with Crippen molar-refractivity contribution in [2.75, 3.05) is 18.0 Å². The van der Waals surface area contributed by atoms with Crippen molar-refractivity contribution in [1.29, 1.82) is 0 Å². The van der Waals surface area contributed by atoms with Crippen molar-refractivity contribution in [3.05, 3.63) is 29.6 Å². The molecule has 0 saturated carbocycles. The van der Waals surface area contributed by atoms with Crippen LogP contribution in [0.5, 0.6) is 0 Å². The maximum atomic E-state index is 14.0. The van der Waals surface area contributed by atoms with Crippen LogP contribution in [0.2, 0.25) is 0 Å². The molecule has 1 aromatic rings. The fourth-order valence-electron chi connectivity index (χ4n) is 3.25. The molecule has 0 radical (unpaired) electrons. The number of piperidine rings is 1. The first kappa shape index (κ1) is 13.3. The highest BCUT2D eigenvalue weighted by Crippen LogP contribution is 2.34. The summed E-state index contributed by atoms with van der Waals surface area (Å²) < 4.78 is 14.0. The number of hydrogen-bond donors (Lipinski definition) is 2. The molecule has 6 heteroatoms. The molecule has 3 rings (SSSR count). The molecule has 0 aliphatic carbocycles. The zero-order valence-electron chi connectivity index (χ0n) is 10.9. The molecule has 2 atom stereocenters. The Balaban J connectivity index is 2.02. The maximum absolute atomic E-state index is 14.0. The Hall–Kier alpha value is -1.69. The normalized spacial score (nSPS) is 25.2. The molecular weight excluding hydrogens is 277 g/mol. The zero-order chi connectivity index (χ0) is 14.3. The van der Waals surface area contributed by atoms with Gasteiger partial charge in [0.1, 0.15) is 10.8 Å². The molecule has 2 aliphatic heterocycles. The quantitative estimate of drug-likeness (QED) is 0.804. The Morgan fingerprint density at radius 2 is 2.30 bits per heavy atom. The standard InChI is InChI=1S/C14H16FN3OS/c15-9-4-1-5-10(12(9)13(16)20)18-6-2-3-8-11(18)7-17-14(8)19/h1,4-5,8,11H,2-3,6-7H2,(H2,16,20)(H,17,19). The van der Waals surface area contributed by atoms with E-state index in [4.69, 9.17) is 18.0 Å². The molecule has 4 nitrogen and oxygen atoms in total. The van der Waals surface area contributed by atoms with Crippen molar-refractivity contribution in [2.45, 2.75) is 18.9 Å². The Kier molecular flexibility index (Phi) is 3.33. The van der Waals surface area contributed by atoms with Gasteiger partial charge in [0.05, 0.1) is 23.2 Å². The van der Waals surface area contributed by atoms with Crippen LogP contribution in [0.3, 0.4) is 0 Å². The molecule has 0 aromatic heterocycles. The summed E-state index contributed by atoms with van der Waals surface area (Å²) in [6.45, 7) is 1.38. The van der Waals surface area contributed by atoms with E-state index in [1.54, 1.807) is 6.07 Å². The van der Waals surface area contributed by atoms with Crippen LogP contribution in [0.15, 0.2) is 18.2 Å². The van der Waals surface area contributed by atoms with Crippen LogP contribution < -0.4 is 16.0 Å². The first-order valence-corrected chi connectivity index (χ1v) is 7.13. The number of thiocarbonyl (C=S) groups is 1. The van der Waals surface area contributed by atoms with Gasteiger partial charge in [0.2, 0.25) is 5.91 Å². The predicted octanol–water partition coefficient (Wildman–Crippen LogP) is 1.17. The fraction of sp³-hybridized carbons (Fsp3) is 0.429. The molecular formula is C14H16FN3OS. The van der Waals surface area contributed by atoms with E-state index in [2.05, 4.69) is 10.2 Å². The Morgan fingerprint density at radius 1 is 1.50 bits per heavy atom. The number of fused-ring (bicyclic) bond motifs is 1. The van der Waals surface area contributed by atoms with Crippen molar-refractivity contribution < 1.29 is 9.18 Å². The highest BCUT2D eigenvalue weighted by atomic mass is 32.1. The van der Waals surface area contributed by atoms with E-state index in [9.17, 15) is 9.18 Å². The number of nitrogens with zero attached hydrogens (tertiary/aromatic N) is 1. The first-order valence-electron chi connectivity index (χ1n) is 6.72. The Bertz CT molecular complexity index is 578. The number of benzene rings is 1. The number of amides is 1. The topological polar surface area (TPSA) is 58.4 Å². The van der Waals surface area contributed by atoms with Crippen LogP contribution in [0.25, 0.3) is 0 Å². The van der Waals surface area contributed by atoms with Crippen LogP contribution >= 0.6 is 12.2 Å². The second kappa shape index (κ2) is 5.01. The van der Waals surface area contributed by atoms with E-state index < -0.39 is 5.82 Å². The maximum Gasteiger partial charge on any atom is 0.225 e. The van der Waals surface area contributed by atoms with Crippen LogP contribution in [0.1, 0.15) is 18.4 Å². The van der Waals surface area contributed by atoms with Crippen molar-refractivity contribution in [1.82, 2.24) is 5.32 Å². The van der Waals surface area contributed by atoms with Gasteiger partial charge in [-0.15, -0.1) is 0 Å². The second-order valence-electron chi connectivity index (χ2n) is 5.25. The molecule has 2 fully saturated rings. The molecule has 20 heavy (non-hydrogen) atoms. The van der Waals surface area contributed by atoms with Gasteiger partial charge in [0, 0.05) is 13.1 Å². The lowest BCUT2D eigenvalue weighted by molar-refractivity contribution is -0.122. The van der Waals surface area contributed by atoms with Gasteiger partial charge in [0.25, 0.3) is 0 Å². The van der Waals surface area contributed by atoms with Gasteiger partial charge in [-0.2, -0.15) is 0 Å². The Morgan fingerprint density at radius 3 is 3.05 bits per heavy atom. The predicted molar refractivity (Wildman–Crippen MR) is 79.2 cm³/mol. The zero-order valence-corrected chi connectivity index (χ0v) is 11.8. The third-order valence-electron chi connectivity index (χ3n) is 4.15. The molecule has 1 aromatic carbocycles. The molecule has 0 spiro atoms.